The first-order chi connectivity index (χ1) is 9.00. The lowest BCUT2D eigenvalue weighted by Crippen LogP contribution is -2.44. The minimum absolute atomic E-state index is 0.0113. The molecule has 2 atom stereocenters. The third-order valence-corrected chi connectivity index (χ3v) is 4.98. The average Bonchev–Trinajstić information content (AvgIpc) is 2.87. The molecule has 1 heterocycles. The predicted molar refractivity (Wildman–Crippen MR) is 75.0 cm³/mol. The molecular weight excluding hydrogens is 288 g/mol. The van der Waals surface area contributed by atoms with Crippen molar-refractivity contribution in [3.05, 3.63) is 27.1 Å². The number of nitrogens with zero attached hydrogens (tertiary/aromatic N) is 2. The van der Waals surface area contributed by atoms with Gasteiger partial charge in [0.2, 0.25) is 0 Å². The first-order valence-electron chi connectivity index (χ1n) is 6.16. The number of hydrogen-bond acceptors (Lipinski definition) is 4. The van der Waals surface area contributed by atoms with Gasteiger partial charge in [0, 0.05) is 19.2 Å². The van der Waals surface area contributed by atoms with E-state index < -0.39 is 4.92 Å². The van der Waals surface area contributed by atoms with Gasteiger partial charge in [-0.3, -0.25) is 14.9 Å². The van der Waals surface area contributed by atoms with Gasteiger partial charge in [-0.25, -0.2) is 0 Å². The van der Waals surface area contributed by atoms with Gasteiger partial charge in [0.1, 0.15) is 0 Å². The summed E-state index contributed by atoms with van der Waals surface area (Å²) in [6.07, 6.45) is 3.96. The molecule has 1 fully saturated rings. The van der Waals surface area contributed by atoms with Gasteiger partial charge in [0.15, 0.2) is 0 Å². The zero-order valence-corrected chi connectivity index (χ0v) is 12.1. The topological polar surface area (TPSA) is 63.5 Å². The average molecular weight is 303 g/mol. The molecule has 2 unspecified atom stereocenters. The van der Waals surface area contributed by atoms with Crippen molar-refractivity contribution in [3.8, 4) is 0 Å². The molecule has 104 valence electrons. The smallest absolute Gasteiger partial charge is 0.324 e. The Morgan fingerprint density at radius 3 is 2.74 bits per heavy atom. The fourth-order valence-corrected chi connectivity index (χ4v) is 3.62. The zero-order chi connectivity index (χ0) is 14.0. The highest BCUT2D eigenvalue weighted by Gasteiger charge is 2.30. The van der Waals surface area contributed by atoms with Crippen molar-refractivity contribution in [2.24, 2.45) is 0 Å². The van der Waals surface area contributed by atoms with E-state index in [2.05, 4.69) is 0 Å². The van der Waals surface area contributed by atoms with E-state index in [1.807, 2.05) is 0 Å². The summed E-state index contributed by atoms with van der Waals surface area (Å²) < 4.78 is 0. The molecule has 1 aromatic heterocycles. The molecule has 0 radical (unpaired) electrons. The van der Waals surface area contributed by atoms with Crippen molar-refractivity contribution in [2.75, 3.05) is 7.05 Å². The number of thiophene rings is 1. The summed E-state index contributed by atoms with van der Waals surface area (Å²) in [4.78, 5) is 24.5. The first-order valence-corrected chi connectivity index (χ1v) is 7.41. The van der Waals surface area contributed by atoms with Crippen LogP contribution in [-0.2, 0) is 0 Å². The van der Waals surface area contributed by atoms with Gasteiger partial charge in [-0.2, -0.15) is 0 Å². The second-order valence-corrected chi connectivity index (χ2v) is 6.30. The molecule has 19 heavy (non-hydrogen) atoms. The van der Waals surface area contributed by atoms with Crippen LogP contribution in [0.4, 0.5) is 5.00 Å². The monoisotopic (exact) mass is 302 g/mol. The van der Waals surface area contributed by atoms with Gasteiger partial charge < -0.3 is 4.90 Å². The Morgan fingerprint density at radius 2 is 2.16 bits per heavy atom. The van der Waals surface area contributed by atoms with Gasteiger partial charge in [0.05, 0.1) is 15.2 Å². The molecule has 0 saturated heterocycles. The third kappa shape index (κ3) is 3.06. The molecule has 2 rings (SSSR count). The van der Waals surface area contributed by atoms with Crippen molar-refractivity contribution in [1.82, 2.24) is 4.90 Å². The molecule has 1 amide bonds. The van der Waals surface area contributed by atoms with E-state index in [1.54, 1.807) is 11.9 Å². The Hall–Kier alpha value is -1.14. The van der Waals surface area contributed by atoms with Crippen molar-refractivity contribution in [2.45, 2.75) is 37.1 Å². The molecule has 1 aliphatic rings. The maximum absolute atomic E-state index is 12.3. The summed E-state index contributed by atoms with van der Waals surface area (Å²) in [5.41, 5.74) is 0. The Balaban J connectivity index is 2.11. The molecular formula is C12H15ClN2O3S. The van der Waals surface area contributed by atoms with E-state index in [9.17, 15) is 14.9 Å². The standard InChI is InChI=1S/C12H15ClN2O3S/c1-14(9-5-3-2-4-8(9)13)12(16)10-6-7-11(19-10)15(17)18/h6-9H,2-5H2,1H3. The summed E-state index contributed by atoms with van der Waals surface area (Å²) in [5.74, 6) is -0.185. The van der Waals surface area contributed by atoms with Crippen LogP contribution in [0.15, 0.2) is 12.1 Å². The highest BCUT2D eigenvalue weighted by Crippen LogP contribution is 2.30. The molecule has 0 spiro atoms. The van der Waals surface area contributed by atoms with Gasteiger partial charge in [-0.1, -0.05) is 24.2 Å². The molecule has 1 aliphatic carbocycles. The summed E-state index contributed by atoms with van der Waals surface area (Å²) >= 11 is 7.18. The molecule has 0 N–H and O–H groups in total. The van der Waals surface area contributed by atoms with Crippen molar-refractivity contribution >= 4 is 33.8 Å². The SMILES string of the molecule is CN(C(=O)c1ccc([N+](=O)[O-])s1)C1CCCCC1Cl. The van der Waals surface area contributed by atoms with Crippen LogP contribution in [0, 0.1) is 10.1 Å². The largest absolute Gasteiger partial charge is 0.337 e. The van der Waals surface area contributed by atoms with Crippen LogP contribution in [0.25, 0.3) is 0 Å². The molecule has 1 saturated carbocycles. The molecule has 0 aromatic carbocycles. The van der Waals surface area contributed by atoms with Crippen LogP contribution >= 0.6 is 22.9 Å². The number of halogens is 1. The minimum atomic E-state index is -0.480. The van der Waals surface area contributed by atoms with Crippen LogP contribution in [0.2, 0.25) is 0 Å². The molecule has 7 heteroatoms. The number of nitro groups is 1. The van der Waals surface area contributed by atoms with E-state index in [0.29, 0.717) is 4.88 Å². The second kappa shape index (κ2) is 5.88. The number of hydrogen-bond donors (Lipinski definition) is 0. The molecule has 1 aromatic rings. The van der Waals surface area contributed by atoms with Gasteiger partial charge in [0.25, 0.3) is 5.91 Å². The van der Waals surface area contributed by atoms with E-state index in [-0.39, 0.29) is 22.3 Å². The quantitative estimate of drug-likeness (QED) is 0.489. The zero-order valence-electron chi connectivity index (χ0n) is 10.5. The van der Waals surface area contributed by atoms with E-state index in [0.717, 1.165) is 37.0 Å². The van der Waals surface area contributed by atoms with Gasteiger partial charge in [-0.15, -0.1) is 11.6 Å². The van der Waals surface area contributed by atoms with Gasteiger partial charge >= 0.3 is 5.00 Å². The lowest BCUT2D eigenvalue weighted by atomic mass is 9.94. The van der Waals surface area contributed by atoms with Crippen LogP contribution in [-0.4, -0.2) is 34.2 Å². The Bertz CT molecular complexity index is 491. The molecule has 0 bridgehead atoms. The summed E-state index contributed by atoms with van der Waals surface area (Å²) in [6, 6.07) is 2.89. The summed E-state index contributed by atoms with van der Waals surface area (Å²) in [5, 5.41) is 10.6. The molecule has 5 nitrogen and oxygen atoms in total. The van der Waals surface area contributed by atoms with E-state index >= 15 is 0 Å². The lowest BCUT2D eigenvalue weighted by molar-refractivity contribution is -0.380. The number of carbonyl (C=O) groups excluding carboxylic acids is 1. The highest BCUT2D eigenvalue weighted by molar-refractivity contribution is 7.17. The van der Waals surface area contributed by atoms with Crippen molar-refractivity contribution in [1.29, 1.82) is 0 Å². The predicted octanol–water partition coefficient (Wildman–Crippen LogP) is 3.28. The van der Waals surface area contributed by atoms with Crippen molar-refractivity contribution in [3.63, 3.8) is 0 Å². The number of amides is 1. The van der Waals surface area contributed by atoms with Crippen LogP contribution in [0.1, 0.15) is 35.4 Å². The molecule has 0 aliphatic heterocycles. The number of rotatable bonds is 3. The number of carbonyl (C=O) groups is 1. The Kier molecular flexibility index (Phi) is 4.42. The first kappa shape index (κ1) is 14.3. The van der Waals surface area contributed by atoms with Crippen LogP contribution in [0.5, 0.6) is 0 Å². The van der Waals surface area contributed by atoms with Gasteiger partial charge in [-0.05, 0) is 18.9 Å². The normalized spacial score (nSPS) is 23.1. The minimum Gasteiger partial charge on any atom is -0.337 e. The van der Waals surface area contributed by atoms with Crippen molar-refractivity contribution < 1.29 is 9.72 Å². The Morgan fingerprint density at radius 1 is 1.47 bits per heavy atom. The van der Waals surface area contributed by atoms with Crippen LogP contribution in [0.3, 0.4) is 0 Å². The maximum Gasteiger partial charge on any atom is 0.324 e. The number of alkyl halides is 1. The highest BCUT2D eigenvalue weighted by atomic mass is 35.5. The fraction of sp³-hybridized carbons (Fsp3) is 0.583. The lowest BCUT2D eigenvalue weighted by Gasteiger charge is -2.34. The fourth-order valence-electron chi connectivity index (χ4n) is 2.37. The third-order valence-electron chi connectivity index (χ3n) is 3.45. The Labute approximate surface area is 120 Å². The maximum atomic E-state index is 12.3. The van der Waals surface area contributed by atoms with Crippen LogP contribution < -0.4 is 0 Å². The van der Waals surface area contributed by atoms with E-state index in [1.165, 1.54) is 12.1 Å². The second-order valence-electron chi connectivity index (χ2n) is 4.68. The summed E-state index contributed by atoms with van der Waals surface area (Å²) in [7, 11) is 1.72. The van der Waals surface area contributed by atoms with E-state index in [4.69, 9.17) is 11.6 Å². The summed E-state index contributed by atoms with van der Waals surface area (Å²) in [6.45, 7) is 0.